The molecule has 1 aliphatic rings. The topological polar surface area (TPSA) is 52.6 Å². The fourth-order valence-corrected chi connectivity index (χ4v) is 2.73. The molecule has 1 rings (SSSR count). The Hall–Kier alpha value is -0.610. The summed E-state index contributed by atoms with van der Waals surface area (Å²) in [5, 5.41) is 12.3. The van der Waals surface area contributed by atoms with Crippen molar-refractivity contribution < 1.29 is 9.90 Å². The zero-order valence-electron chi connectivity index (χ0n) is 12.0. The van der Waals surface area contributed by atoms with Gasteiger partial charge in [0.05, 0.1) is 0 Å². The number of rotatable bonds is 7. The molecule has 0 bridgehead atoms. The molecule has 0 saturated carbocycles. The van der Waals surface area contributed by atoms with Crippen LogP contribution in [0, 0.1) is 5.92 Å². The van der Waals surface area contributed by atoms with Crippen LogP contribution in [-0.4, -0.2) is 48.2 Å². The first-order valence-electron chi connectivity index (χ1n) is 7.18. The number of likely N-dealkylation sites (N-methyl/N-ethyl adjacent to an activating group) is 1. The minimum Gasteiger partial charge on any atom is -0.480 e. The molecule has 18 heavy (non-hydrogen) atoms. The SMILES string of the molecule is CCC(CCCN1CCC(C)CC1)(NC)C(=O)O. The maximum absolute atomic E-state index is 11.3. The monoisotopic (exact) mass is 256 g/mol. The van der Waals surface area contributed by atoms with Crippen molar-refractivity contribution in [1.29, 1.82) is 0 Å². The number of piperidine rings is 1. The van der Waals surface area contributed by atoms with Crippen molar-refractivity contribution in [3.63, 3.8) is 0 Å². The number of hydrogen-bond donors (Lipinski definition) is 2. The third-order valence-corrected chi connectivity index (χ3v) is 4.45. The van der Waals surface area contributed by atoms with E-state index >= 15 is 0 Å². The van der Waals surface area contributed by atoms with Gasteiger partial charge in [0.15, 0.2) is 0 Å². The molecule has 1 unspecified atom stereocenters. The van der Waals surface area contributed by atoms with Gasteiger partial charge in [-0.25, -0.2) is 0 Å². The van der Waals surface area contributed by atoms with E-state index in [4.69, 9.17) is 0 Å². The number of carboxylic acid groups (broad SMARTS) is 1. The van der Waals surface area contributed by atoms with Crippen molar-refractivity contribution in [2.75, 3.05) is 26.7 Å². The van der Waals surface area contributed by atoms with Crippen LogP contribution >= 0.6 is 0 Å². The molecule has 1 aliphatic heterocycles. The summed E-state index contributed by atoms with van der Waals surface area (Å²) in [6, 6.07) is 0. The molecule has 1 saturated heterocycles. The molecule has 4 heteroatoms. The van der Waals surface area contributed by atoms with Crippen LogP contribution < -0.4 is 5.32 Å². The number of hydrogen-bond acceptors (Lipinski definition) is 3. The Balaban J connectivity index is 2.33. The highest BCUT2D eigenvalue weighted by Gasteiger charge is 2.34. The Morgan fingerprint density at radius 2 is 2.06 bits per heavy atom. The number of nitrogens with zero attached hydrogens (tertiary/aromatic N) is 1. The van der Waals surface area contributed by atoms with Crippen LogP contribution in [0.1, 0.15) is 46.0 Å². The second kappa shape index (κ2) is 7.10. The molecule has 0 spiro atoms. The fraction of sp³-hybridized carbons (Fsp3) is 0.929. The third-order valence-electron chi connectivity index (χ3n) is 4.45. The summed E-state index contributed by atoms with van der Waals surface area (Å²) in [6.45, 7) is 7.63. The number of aliphatic carboxylic acids is 1. The molecule has 0 aromatic rings. The van der Waals surface area contributed by atoms with Crippen molar-refractivity contribution >= 4 is 5.97 Å². The van der Waals surface area contributed by atoms with Crippen molar-refractivity contribution in [3.05, 3.63) is 0 Å². The predicted molar refractivity (Wildman–Crippen MR) is 73.8 cm³/mol. The van der Waals surface area contributed by atoms with E-state index in [1.807, 2.05) is 6.92 Å². The minimum absolute atomic E-state index is 0.635. The van der Waals surface area contributed by atoms with E-state index in [0.29, 0.717) is 12.8 Å². The highest BCUT2D eigenvalue weighted by Crippen LogP contribution is 2.20. The van der Waals surface area contributed by atoms with Crippen molar-refractivity contribution in [2.45, 2.75) is 51.5 Å². The van der Waals surface area contributed by atoms with E-state index in [9.17, 15) is 9.90 Å². The van der Waals surface area contributed by atoms with Gasteiger partial charge in [-0.1, -0.05) is 13.8 Å². The summed E-state index contributed by atoms with van der Waals surface area (Å²) in [5.74, 6) is 0.132. The highest BCUT2D eigenvalue weighted by molar-refractivity contribution is 5.78. The van der Waals surface area contributed by atoms with Crippen LogP contribution in [-0.2, 0) is 4.79 Å². The Morgan fingerprint density at radius 3 is 2.50 bits per heavy atom. The van der Waals surface area contributed by atoms with Gasteiger partial charge < -0.3 is 15.3 Å². The van der Waals surface area contributed by atoms with E-state index in [1.165, 1.54) is 25.9 Å². The minimum atomic E-state index is -0.733. The van der Waals surface area contributed by atoms with Crippen LogP contribution in [0.4, 0.5) is 0 Å². The summed E-state index contributed by atoms with van der Waals surface area (Å²) >= 11 is 0. The van der Waals surface area contributed by atoms with Gasteiger partial charge in [-0.05, 0) is 64.7 Å². The van der Waals surface area contributed by atoms with Gasteiger partial charge in [0.25, 0.3) is 0 Å². The average Bonchev–Trinajstić information content (AvgIpc) is 2.37. The summed E-state index contributed by atoms with van der Waals surface area (Å²) in [7, 11) is 1.75. The molecule has 1 fully saturated rings. The molecule has 106 valence electrons. The average molecular weight is 256 g/mol. The van der Waals surface area contributed by atoms with Gasteiger partial charge in [0.2, 0.25) is 0 Å². The van der Waals surface area contributed by atoms with E-state index in [0.717, 1.165) is 18.9 Å². The first kappa shape index (κ1) is 15.4. The van der Waals surface area contributed by atoms with Gasteiger partial charge in [-0.2, -0.15) is 0 Å². The second-order valence-corrected chi connectivity index (χ2v) is 5.62. The standard InChI is InChI=1S/C14H28N2O2/c1-4-14(15-3,13(17)18)8-5-9-16-10-6-12(2)7-11-16/h12,15H,4-11H2,1-3H3,(H,17,18). The number of nitrogens with one attached hydrogen (secondary N) is 1. The van der Waals surface area contributed by atoms with Crippen LogP contribution in [0.15, 0.2) is 0 Å². The Morgan fingerprint density at radius 1 is 1.44 bits per heavy atom. The van der Waals surface area contributed by atoms with Crippen LogP contribution in [0.25, 0.3) is 0 Å². The highest BCUT2D eigenvalue weighted by atomic mass is 16.4. The molecule has 0 amide bonds. The lowest BCUT2D eigenvalue weighted by atomic mass is 9.90. The first-order chi connectivity index (χ1) is 8.54. The van der Waals surface area contributed by atoms with Crippen LogP contribution in [0.5, 0.6) is 0 Å². The molecule has 4 nitrogen and oxygen atoms in total. The maximum Gasteiger partial charge on any atom is 0.323 e. The van der Waals surface area contributed by atoms with Gasteiger partial charge in [0.1, 0.15) is 5.54 Å². The Bertz CT molecular complexity index is 257. The quantitative estimate of drug-likeness (QED) is 0.731. The Labute approximate surface area is 111 Å². The van der Waals surface area contributed by atoms with Gasteiger partial charge in [-0.15, -0.1) is 0 Å². The molecule has 1 atom stereocenters. The molecule has 2 N–H and O–H groups in total. The normalized spacial score (nSPS) is 21.7. The van der Waals surface area contributed by atoms with E-state index in [2.05, 4.69) is 17.1 Å². The summed E-state index contributed by atoms with van der Waals surface area (Å²) in [6.07, 6.45) is 4.86. The van der Waals surface area contributed by atoms with Gasteiger partial charge in [0, 0.05) is 0 Å². The molecule has 0 radical (unpaired) electrons. The molecule has 0 aromatic heterocycles. The van der Waals surface area contributed by atoms with Crippen molar-refractivity contribution in [1.82, 2.24) is 10.2 Å². The van der Waals surface area contributed by atoms with E-state index < -0.39 is 11.5 Å². The van der Waals surface area contributed by atoms with Gasteiger partial charge in [-0.3, -0.25) is 4.79 Å². The third kappa shape index (κ3) is 3.95. The van der Waals surface area contributed by atoms with Crippen molar-refractivity contribution in [3.8, 4) is 0 Å². The summed E-state index contributed by atoms with van der Waals surface area (Å²) in [4.78, 5) is 13.8. The van der Waals surface area contributed by atoms with Crippen LogP contribution in [0.3, 0.4) is 0 Å². The summed E-state index contributed by atoms with van der Waals surface area (Å²) in [5.41, 5.74) is -0.733. The lowest BCUT2D eigenvalue weighted by molar-refractivity contribution is -0.145. The number of likely N-dealkylation sites (tertiary alicyclic amines) is 1. The smallest absolute Gasteiger partial charge is 0.323 e. The molecular formula is C14H28N2O2. The Kier molecular flexibility index (Phi) is 6.09. The molecule has 0 aromatic carbocycles. The first-order valence-corrected chi connectivity index (χ1v) is 7.18. The number of carbonyl (C=O) groups is 1. The zero-order valence-corrected chi connectivity index (χ0v) is 12.0. The molecular weight excluding hydrogens is 228 g/mol. The maximum atomic E-state index is 11.3. The predicted octanol–water partition coefficient (Wildman–Crippen LogP) is 1.95. The van der Waals surface area contributed by atoms with Gasteiger partial charge >= 0.3 is 5.97 Å². The molecule has 1 heterocycles. The van der Waals surface area contributed by atoms with E-state index in [1.54, 1.807) is 7.05 Å². The number of carboxylic acids is 1. The molecule has 0 aliphatic carbocycles. The fourth-order valence-electron chi connectivity index (χ4n) is 2.73. The van der Waals surface area contributed by atoms with Crippen molar-refractivity contribution in [2.24, 2.45) is 5.92 Å². The van der Waals surface area contributed by atoms with E-state index in [-0.39, 0.29) is 0 Å². The van der Waals surface area contributed by atoms with Crippen LogP contribution in [0.2, 0.25) is 0 Å². The lowest BCUT2D eigenvalue weighted by Gasteiger charge is -2.32. The summed E-state index contributed by atoms with van der Waals surface area (Å²) < 4.78 is 0. The largest absolute Gasteiger partial charge is 0.480 e. The second-order valence-electron chi connectivity index (χ2n) is 5.62. The zero-order chi connectivity index (χ0) is 13.6. The lowest BCUT2D eigenvalue weighted by Crippen LogP contribution is -2.50.